The fraction of sp³-hybridized carbons (Fsp3) is 0.105. The molecule has 0 spiro atoms. The van der Waals surface area contributed by atoms with Gasteiger partial charge in [-0.2, -0.15) is 0 Å². The van der Waals surface area contributed by atoms with Crippen LogP contribution in [0.25, 0.3) is 21.8 Å². The molecule has 0 bridgehead atoms. The molecule has 6 nitrogen and oxygen atoms in total. The number of carbonyl (C=O) groups excluding carboxylic acids is 1. The Bertz CT molecular complexity index is 1150. The minimum absolute atomic E-state index is 0.228. The smallest absolute Gasteiger partial charge is 0.257 e. The van der Waals surface area contributed by atoms with Gasteiger partial charge in [-0.3, -0.25) is 14.8 Å². The van der Waals surface area contributed by atoms with Crippen molar-refractivity contribution < 1.29 is 9.53 Å². The van der Waals surface area contributed by atoms with Crippen molar-refractivity contribution in [1.29, 1.82) is 0 Å². The minimum Gasteiger partial charge on any atom is -0.493 e. The van der Waals surface area contributed by atoms with Crippen molar-refractivity contribution in [1.82, 2.24) is 15.0 Å². The van der Waals surface area contributed by atoms with E-state index in [1.54, 1.807) is 37.8 Å². The Kier molecular flexibility index (Phi) is 4.23. The predicted octanol–water partition coefficient (Wildman–Crippen LogP) is 4.29. The summed E-state index contributed by atoms with van der Waals surface area (Å²) in [5, 5.41) is 5.05. The van der Waals surface area contributed by atoms with Crippen LogP contribution in [0.1, 0.15) is 16.1 Å². The molecule has 0 radical (unpaired) electrons. The summed E-state index contributed by atoms with van der Waals surface area (Å²) in [6.07, 6.45) is 5.19. The number of nitrogens with zero attached hydrogens (tertiary/aromatic N) is 2. The van der Waals surface area contributed by atoms with Crippen LogP contribution in [0.2, 0.25) is 0 Å². The van der Waals surface area contributed by atoms with Gasteiger partial charge in [0, 0.05) is 28.9 Å². The highest BCUT2D eigenvalue weighted by Crippen LogP contribution is 2.40. The van der Waals surface area contributed by atoms with E-state index in [4.69, 9.17) is 4.74 Å². The lowest BCUT2D eigenvalue weighted by atomic mass is 10.1. The van der Waals surface area contributed by atoms with Crippen LogP contribution in [0.15, 0.2) is 42.9 Å². The normalized spacial score (nSPS) is 11.0. The number of methoxy groups -OCH3 is 1. The molecule has 130 valence electrons. The highest BCUT2D eigenvalue weighted by atomic mass is 127. The lowest BCUT2D eigenvalue weighted by Crippen LogP contribution is -2.15. The number of anilines is 1. The Balaban J connectivity index is 1.92. The molecule has 0 aliphatic heterocycles. The Labute approximate surface area is 163 Å². The van der Waals surface area contributed by atoms with Crippen LogP contribution in [0.5, 0.6) is 5.75 Å². The van der Waals surface area contributed by atoms with Crippen molar-refractivity contribution in [3.05, 3.63) is 57.7 Å². The number of rotatable bonds is 3. The first-order valence-electron chi connectivity index (χ1n) is 7.95. The standard InChI is InChI=1S/C19H15IN4O2/c1-10-11(4-3-6-22-10)19(25)24-17-16-13(8-14(20)18(17)26-2)12-5-7-21-9-15(12)23-16/h3-9,23H,1-2H3,(H,24,25). The Morgan fingerprint density at radius 2 is 2.12 bits per heavy atom. The zero-order chi connectivity index (χ0) is 18.3. The SMILES string of the molecule is COc1c(I)cc2c([nH]c3cnccc32)c1NC(=O)c1cccnc1C. The number of carbonyl (C=O) groups is 1. The van der Waals surface area contributed by atoms with E-state index in [0.29, 0.717) is 22.7 Å². The number of halogens is 1. The first-order chi connectivity index (χ1) is 12.6. The van der Waals surface area contributed by atoms with Crippen molar-refractivity contribution in [2.75, 3.05) is 12.4 Å². The van der Waals surface area contributed by atoms with Gasteiger partial charge in [-0.25, -0.2) is 0 Å². The number of hydrogen-bond donors (Lipinski definition) is 2. The average molecular weight is 458 g/mol. The third kappa shape index (κ3) is 2.68. The number of aryl methyl sites for hydroxylation is 1. The molecule has 2 N–H and O–H groups in total. The summed E-state index contributed by atoms with van der Waals surface area (Å²) in [4.78, 5) is 24.5. The second-order valence-corrected chi connectivity index (χ2v) is 6.99. The molecule has 0 saturated carbocycles. The summed E-state index contributed by atoms with van der Waals surface area (Å²) in [6.45, 7) is 1.81. The molecule has 3 heterocycles. The first kappa shape index (κ1) is 16.8. The van der Waals surface area contributed by atoms with Crippen LogP contribution in [0, 0.1) is 10.5 Å². The number of amides is 1. The van der Waals surface area contributed by atoms with Gasteiger partial charge >= 0.3 is 0 Å². The molecule has 7 heteroatoms. The van der Waals surface area contributed by atoms with E-state index in [2.05, 4.69) is 42.9 Å². The Hall–Kier alpha value is -2.68. The summed E-state index contributed by atoms with van der Waals surface area (Å²) in [5.41, 5.74) is 3.52. The molecule has 0 unspecified atom stereocenters. The molecular weight excluding hydrogens is 443 g/mol. The lowest BCUT2D eigenvalue weighted by Gasteiger charge is -2.14. The first-order valence-corrected chi connectivity index (χ1v) is 9.03. The van der Waals surface area contributed by atoms with Crippen LogP contribution in [-0.2, 0) is 0 Å². The number of nitrogens with one attached hydrogen (secondary N) is 2. The van der Waals surface area contributed by atoms with E-state index < -0.39 is 0 Å². The quantitative estimate of drug-likeness (QED) is 0.449. The van der Waals surface area contributed by atoms with Gasteiger partial charge in [-0.15, -0.1) is 0 Å². The monoisotopic (exact) mass is 458 g/mol. The van der Waals surface area contributed by atoms with E-state index in [9.17, 15) is 4.79 Å². The number of fused-ring (bicyclic) bond motifs is 3. The van der Waals surface area contributed by atoms with Crippen LogP contribution >= 0.6 is 22.6 Å². The average Bonchev–Trinajstić information content (AvgIpc) is 3.01. The number of hydrogen-bond acceptors (Lipinski definition) is 4. The van der Waals surface area contributed by atoms with Gasteiger partial charge < -0.3 is 15.0 Å². The number of ether oxygens (including phenoxy) is 1. The zero-order valence-corrected chi connectivity index (χ0v) is 16.3. The molecule has 0 aliphatic rings. The molecule has 1 aromatic carbocycles. The van der Waals surface area contributed by atoms with Gasteiger partial charge in [0.05, 0.1) is 33.5 Å². The molecule has 0 aliphatic carbocycles. The number of aromatic nitrogens is 3. The van der Waals surface area contributed by atoms with Gasteiger partial charge in [0.25, 0.3) is 5.91 Å². The second-order valence-electron chi connectivity index (χ2n) is 5.83. The summed E-state index contributed by atoms with van der Waals surface area (Å²) in [5.74, 6) is 0.390. The molecule has 0 atom stereocenters. The summed E-state index contributed by atoms with van der Waals surface area (Å²) in [6, 6.07) is 7.49. The zero-order valence-electron chi connectivity index (χ0n) is 14.1. The van der Waals surface area contributed by atoms with Crippen LogP contribution in [0.3, 0.4) is 0 Å². The molecule has 4 aromatic rings. The number of H-pyrrole nitrogens is 1. The predicted molar refractivity (Wildman–Crippen MR) is 110 cm³/mol. The van der Waals surface area contributed by atoms with Crippen molar-refractivity contribution in [2.24, 2.45) is 0 Å². The summed E-state index contributed by atoms with van der Waals surface area (Å²) >= 11 is 2.21. The Morgan fingerprint density at radius 1 is 1.27 bits per heavy atom. The third-order valence-electron chi connectivity index (χ3n) is 4.30. The highest BCUT2D eigenvalue weighted by Gasteiger charge is 2.20. The van der Waals surface area contributed by atoms with Crippen LogP contribution in [-0.4, -0.2) is 28.0 Å². The number of aromatic amines is 1. The van der Waals surface area contributed by atoms with Gasteiger partial charge in [-0.05, 0) is 53.8 Å². The maximum Gasteiger partial charge on any atom is 0.257 e. The maximum atomic E-state index is 12.8. The molecule has 4 rings (SSSR count). The lowest BCUT2D eigenvalue weighted by molar-refractivity contribution is 0.102. The summed E-state index contributed by atoms with van der Waals surface area (Å²) in [7, 11) is 1.60. The molecule has 26 heavy (non-hydrogen) atoms. The van der Waals surface area contributed by atoms with Crippen LogP contribution in [0.4, 0.5) is 5.69 Å². The van der Waals surface area contributed by atoms with Crippen molar-refractivity contribution in [3.8, 4) is 5.75 Å². The highest BCUT2D eigenvalue weighted by molar-refractivity contribution is 14.1. The van der Waals surface area contributed by atoms with E-state index in [1.165, 1.54) is 0 Å². The summed E-state index contributed by atoms with van der Waals surface area (Å²) < 4.78 is 6.48. The van der Waals surface area contributed by atoms with Crippen molar-refractivity contribution in [3.63, 3.8) is 0 Å². The minimum atomic E-state index is -0.228. The van der Waals surface area contributed by atoms with Gasteiger partial charge in [0.2, 0.25) is 0 Å². The maximum absolute atomic E-state index is 12.8. The van der Waals surface area contributed by atoms with Crippen LogP contribution < -0.4 is 10.1 Å². The molecule has 0 fully saturated rings. The Morgan fingerprint density at radius 3 is 2.88 bits per heavy atom. The van der Waals surface area contributed by atoms with E-state index in [-0.39, 0.29) is 5.91 Å². The van der Waals surface area contributed by atoms with Gasteiger partial charge in [-0.1, -0.05) is 0 Å². The van der Waals surface area contributed by atoms with Gasteiger partial charge in [0.1, 0.15) is 5.69 Å². The van der Waals surface area contributed by atoms with E-state index in [0.717, 1.165) is 25.4 Å². The third-order valence-corrected chi connectivity index (χ3v) is 5.10. The fourth-order valence-electron chi connectivity index (χ4n) is 3.06. The number of pyridine rings is 2. The molecular formula is C19H15IN4O2. The van der Waals surface area contributed by atoms with Crippen molar-refractivity contribution >= 4 is 56.0 Å². The molecule has 3 aromatic heterocycles. The second kappa shape index (κ2) is 6.56. The van der Waals surface area contributed by atoms with Crippen molar-refractivity contribution in [2.45, 2.75) is 6.92 Å². The van der Waals surface area contributed by atoms with E-state index >= 15 is 0 Å². The fourth-order valence-corrected chi connectivity index (χ4v) is 3.86. The topological polar surface area (TPSA) is 79.9 Å². The molecule has 0 saturated heterocycles. The molecule has 1 amide bonds. The van der Waals surface area contributed by atoms with E-state index in [1.807, 2.05) is 19.1 Å². The van der Waals surface area contributed by atoms with Gasteiger partial charge in [0.15, 0.2) is 5.75 Å². The number of benzene rings is 1. The largest absolute Gasteiger partial charge is 0.493 e.